The molecular formula is C22H26N2O5. The smallest absolute Gasteiger partial charge is 0.252 e. The number of methoxy groups -OCH3 is 2. The Kier molecular flexibility index (Phi) is 5.60. The van der Waals surface area contributed by atoms with E-state index in [1.165, 1.54) is 0 Å². The number of hydrogen-bond acceptors (Lipinski definition) is 6. The molecule has 2 saturated heterocycles. The number of carbonyl (C=O) groups is 1. The van der Waals surface area contributed by atoms with Crippen LogP contribution in [0.3, 0.4) is 0 Å². The third-order valence-corrected chi connectivity index (χ3v) is 5.46. The third kappa shape index (κ3) is 4.02. The number of carbonyl (C=O) groups excluding carboxylic acids is 1. The van der Waals surface area contributed by atoms with Crippen molar-refractivity contribution in [2.45, 2.75) is 5.54 Å². The van der Waals surface area contributed by atoms with Crippen LogP contribution in [-0.4, -0.2) is 59.6 Å². The van der Waals surface area contributed by atoms with Crippen LogP contribution in [0.4, 0.5) is 5.69 Å². The van der Waals surface area contributed by atoms with Crippen molar-refractivity contribution < 1.29 is 23.7 Å². The van der Waals surface area contributed by atoms with Gasteiger partial charge in [-0.3, -0.25) is 4.79 Å². The van der Waals surface area contributed by atoms with Crippen molar-refractivity contribution in [2.75, 3.05) is 58.6 Å². The maximum Gasteiger partial charge on any atom is 0.252 e. The van der Waals surface area contributed by atoms with E-state index in [1.807, 2.05) is 42.5 Å². The minimum Gasteiger partial charge on any atom is -0.497 e. The van der Waals surface area contributed by atoms with Crippen molar-refractivity contribution in [3.63, 3.8) is 0 Å². The van der Waals surface area contributed by atoms with E-state index in [0.29, 0.717) is 30.3 Å². The van der Waals surface area contributed by atoms with Crippen LogP contribution >= 0.6 is 0 Å². The van der Waals surface area contributed by atoms with Gasteiger partial charge in [0, 0.05) is 30.4 Å². The summed E-state index contributed by atoms with van der Waals surface area (Å²) in [5.74, 6) is 1.22. The summed E-state index contributed by atoms with van der Waals surface area (Å²) in [6, 6.07) is 13.3. The summed E-state index contributed by atoms with van der Waals surface area (Å²) in [5, 5.41) is 3.16. The quantitative estimate of drug-likeness (QED) is 0.805. The van der Waals surface area contributed by atoms with Crippen LogP contribution in [0.5, 0.6) is 11.5 Å². The predicted molar refractivity (Wildman–Crippen MR) is 109 cm³/mol. The lowest BCUT2D eigenvalue weighted by atomic mass is 9.87. The molecule has 4 rings (SSSR count). The van der Waals surface area contributed by atoms with Gasteiger partial charge in [0.15, 0.2) is 0 Å². The Morgan fingerprint density at radius 2 is 1.59 bits per heavy atom. The number of nitrogens with one attached hydrogen (secondary N) is 1. The minimum absolute atomic E-state index is 0.136. The molecule has 1 amide bonds. The highest BCUT2D eigenvalue weighted by Crippen LogP contribution is 2.35. The standard InChI is InChI=1S/C22H26N2O5/c1-26-19-11-17(12-20(13-19)27-2)22(14-29-15-22)23-21(25)16-3-5-18(6-4-16)24-7-9-28-10-8-24/h3-6,11-13H,7-10,14-15H2,1-2H3,(H,23,25). The first kappa shape index (κ1) is 19.5. The van der Waals surface area contributed by atoms with Crippen LogP contribution in [0, 0.1) is 0 Å². The average molecular weight is 398 g/mol. The lowest BCUT2D eigenvalue weighted by Gasteiger charge is -2.42. The second-order valence-electron chi connectivity index (χ2n) is 7.28. The summed E-state index contributed by atoms with van der Waals surface area (Å²) in [6.45, 7) is 4.00. The average Bonchev–Trinajstić information content (AvgIpc) is 2.76. The first-order valence-corrected chi connectivity index (χ1v) is 9.70. The molecule has 0 aromatic heterocycles. The molecule has 1 N–H and O–H groups in total. The summed E-state index contributed by atoms with van der Waals surface area (Å²) >= 11 is 0. The summed E-state index contributed by atoms with van der Waals surface area (Å²) in [5.41, 5.74) is 2.02. The first-order chi connectivity index (χ1) is 14.1. The SMILES string of the molecule is COc1cc(OC)cc(C2(NC(=O)c3ccc(N4CCOCC4)cc3)COC2)c1. The Hall–Kier alpha value is -2.77. The fourth-order valence-electron chi connectivity index (χ4n) is 3.64. The number of morpholine rings is 1. The molecule has 2 aromatic rings. The van der Waals surface area contributed by atoms with Gasteiger partial charge in [0.05, 0.1) is 40.6 Å². The van der Waals surface area contributed by atoms with Gasteiger partial charge in [-0.25, -0.2) is 0 Å². The summed E-state index contributed by atoms with van der Waals surface area (Å²) in [7, 11) is 3.22. The number of benzene rings is 2. The van der Waals surface area contributed by atoms with E-state index >= 15 is 0 Å². The van der Waals surface area contributed by atoms with Crippen LogP contribution in [0.15, 0.2) is 42.5 Å². The molecule has 0 unspecified atom stereocenters. The maximum atomic E-state index is 13.0. The molecule has 0 saturated carbocycles. The van der Waals surface area contributed by atoms with Gasteiger partial charge >= 0.3 is 0 Å². The number of nitrogens with zero attached hydrogens (tertiary/aromatic N) is 1. The van der Waals surface area contributed by atoms with Gasteiger partial charge in [-0.2, -0.15) is 0 Å². The fourth-order valence-corrected chi connectivity index (χ4v) is 3.64. The lowest BCUT2D eigenvalue weighted by molar-refractivity contribution is -0.0735. The Labute approximate surface area is 170 Å². The van der Waals surface area contributed by atoms with Gasteiger partial charge in [-0.1, -0.05) is 0 Å². The third-order valence-electron chi connectivity index (χ3n) is 5.46. The largest absolute Gasteiger partial charge is 0.497 e. The molecule has 154 valence electrons. The van der Waals surface area contributed by atoms with E-state index in [0.717, 1.165) is 37.6 Å². The molecule has 0 aliphatic carbocycles. The van der Waals surface area contributed by atoms with Crippen LogP contribution in [0.2, 0.25) is 0 Å². The number of anilines is 1. The van der Waals surface area contributed by atoms with E-state index in [9.17, 15) is 4.79 Å². The van der Waals surface area contributed by atoms with Crippen LogP contribution < -0.4 is 19.7 Å². The molecular weight excluding hydrogens is 372 g/mol. The molecule has 2 fully saturated rings. The molecule has 0 bridgehead atoms. The first-order valence-electron chi connectivity index (χ1n) is 9.70. The Balaban J connectivity index is 1.52. The van der Waals surface area contributed by atoms with E-state index in [2.05, 4.69) is 10.2 Å². The van der Waals surface area contributed by atoms with Gasteiger partial charge in [-0.15, -0.1) is 0 Å². The summed E-state index contributed by atoms with van der Waals surface area (Å²) < 4.78 is 21.6. The predicted octanol–water partition coefficient (Wildman–Crippen LogP) is 2.20. The number of rotatable bonds is 6. The number of hydrogen-bond donors (Lipinski definition) is 1. The van der Waals surface area contributed by atoms with Gasteiger partial charge < -0.3 is 29.2 Å². The highest BCUT2D eigenvalue weighted by molar-refractivity contribution is 5.95. The van der Waals surface area contributed by atoms with Crippen LogP contribution in [0.25, 0.3) is 0 Å². The molecule has 7 heteroatoms. The summed E-state index contributed by atoms with van der Waals surface area (Å²) in [6.07, 6.45) is 0. The molecule has 0 atom stereocenters. The Morgan fingerprint density at radius 1 is 0.966 bits per heavy atom. The minimum atomic E-state index is -0.595. The monoisotopic (exact) mass is 398 g/mol. The van der Waals surface area contributed by atoms with Gasteiger partial charge in [-0.05, 0) is 42.0 Å². The highest BCUT2D eigenvalue weighted by Gasteiger charge is 2.42. The van der Waals surface area contributed by atoms with Crippen molar-refractivity contribution in [1.82, 2.24) is 5.32 Å². The van der Waals surface area contributed by atoms with Crippen molar-refractivity contribution in [3.8, 4) is 11.5 Å². The van der Waals surface area contributed by atoms with Gasteiger partial charge in [0.25, 0.3) is 5.91 Å². The van der Waals surface area contributed by atoms with Crippen LogP contribution in [-0.2, 0) is 15.0 Å². The molecule has 2 aromatic carbocycles. The van der Waals surface area contributed by atoms with Crippen molar-refractivity contribution >= 4 is 11.6 Å². The molecule has 2 aliphatic heterocycles. The Bertz CT molecular complexity index is 836. The molecule has 0 radical (unpaired) electrons. The van der Waals surface area contributed by atoms with Crippen molar-refractivity contribution in [2.24, 2.45) is 0 Å². The zero-order chi connectivity index (χ0) is 20.3. The zero-order valence-corrected chi connectivity index (χ0v) is 16.8. The van der Waals surface area contributed by atoms with E-state index in [-0.39, 0.29) is 5.91 Å². The topological polar surface area (TPSA) is 69.3 Å². The zero-order valence-electron chi connectivity index (χ0n) is 16.8. The number of amides is 1. The summed E-state index contributed by atoms with van der Waals surface area (Å²) in [4.78, 5) is 15.2. The number of ether oxygens (including phenoxy) is 4. The second kappa shape index (κ2) is 8.31. The maximum absolute atomic E-state index is 13.0. The van der Waals surface area contributed by atoms with Gasteiger partial charge in [0.1, 0.15) is 17.0 Å². The van der Waals surface area contributed by atoms with Crippen molar-refractivity contribution in [3.05, 3.63) is 53.6 Å². The lowest BCUT2D eigenvalue weighted by Crippen LogP contribution is -2.59. The normalized spacial score (nSPS) is 17.9. The van der Waals surface area contributed by atoms with Crippen LogP contribution in [0.1, 0.15) is 15.9 Å². The molecule has 2 heterocycles. The Morgan fingerprint density at radius 3 is 2.10 bits per heavy atom. The second-order valence-corrected chi connectivity index (χ2v) is 7.28. The van der Waals surface area contributed by atoms with E-state index in [4.69, 9.17) is 18.9 Å². The van der Waals surface area contributed by atoms with Crippen molar-refractivity contribution in [1.29, 1.82) is 0 Å². The van der Waals surface area contributed by atoms with E-state index < -0.39 is 5.54 Å². The van der Waals surface area contributed by atoms with Gasteiger partial charge in [0.2, 0.25) is 0 Å². The molecule has 29 heavy (non-hydrogen) atoms. The fraction of sp³-hybridized carbons (Fsp3) is 0.409. The van der Waals surface area contributed by atoms with E-state index in [1.54, 1.807) is 14.2 Å². The molecule has 7 nitrogen and oxygen atoms in total. The highest BCUT2D eigenvalue weighted by atomic mass is 16.5. The molecule has 0 spiro atoms. The molecule has 2 aliphatic rings.